The summed E-state index contributed by atoms with van der Waals surface area (Å²) in [7, 11) is -3.29. The molecule has 4 N–H and O–H groups in total. The van der Waals surface area contributed by atoms with Gasteiger partial charge in [-0.1, -0.05) is 0 Å². The molecule has 1 aliphatic rings. The summed E-state index contributed by atoms with van der Waals surface area (Å²) in [6.45, 7) is 3.89. The zero-order valence-corrected chi connectivity index (χ0v) is 23.9. The summed E-state index contributed by atoms with van der Waals surface area (Å²) in [6, 6.07) is 10.8. The number of ether oxygens (including phenoxy) is 2. The molecule has 0 unspecified atom stereocenters. The molecular weight excluding hydrogens is 568 g/mol. The van der Waals surface area contributed by atoms with Crippen LogP contribution in [-0.4, -0.2) is 63.2 Å². The molecule has 0 saturated carbocycles. The third kappa shape index (κ3) is 6.50. The van der Waals surface area contributed by atoms with Gasteiger partial charge in [-0.2, -0.15) is 0 Å². The van der Waals surface area contributed by atoms with Gasteiger partial charge in [0.1, 0.15) is 0 Å². The number of nitrogens with zero attached hydrogens (tertiary/aromatic N) is 1. The molecule has 1 aromatic carbocycles. The summed E-state index contributed by atoms with van der Waals surface area (Å²) in [5.41, 5.74) is -3.16. The fourth-order valence-corrected chi connectivity index (χ4v) is 6.79. The molecule has 0 amide bonds. The van der Waals surface area contributed by atoms with Crippen LogP contribution in [0.1, 0.15) is 25.0 Å². The second-order valence-corrected chi connectivity index (χ2v) is 12.7. The Labute approximate surface area is 232 Å². The fourth-order valence-electron chi connectivity index (χ4n) is 4.20. The van der Waals surface area contributed by atoms with E-state index in [9.17, 15) is 24.4 Å². The maximum absolute atomic E-state index is 15.6. The number of thiophene rings is 1. The van der Waals surface area contributed by atoms with Crippen molar-refractivity contribution in [2.24, 2.45) is 0 Å². The number of hydrogen-bond acceptors (Lipinski definition) is 11. The van der Waals surface area contributed by atoms with Gasteiger partial charge >= 0.3 is 233 Å². The molecule has 5 atom stereocenters. The Morgan fingerprint density at radius 1 is 1.27 bits per heavy atom. The van der Waals surface area contributed by atoms with Crippen molar-refractivity contribution in [2.45, 2.75) is 50.9 Å². The minimum atomic E-state index is -4.47. The van der Waals surface area contributed by atoms with Crippen molar-refractivity contribution >= 4 is 25.4 Å². The third-order valence-corrected chi connectivity index (χ3v) is 9.27. The number of H-pyrrole nitrogens is 1. The molecule has 1 aliphatic heterocycles. The average Bonchev–Trinajstić information content (AvgIpc) is 3.43. The Bertz CT molecular complexity index is 1460. The molecule has 1 saturated heterocycles. The van der Waals surface area contributed by atoms with Crippen LogP contribution < -0.4 is 20.9 Å². The van der Waals surface area contributed by atoms with Crippen molar-refractivity contribution in [2.75, 3.05) is 13.7 Å². The van der Waals surface area contributed by atoms with E-state index in [1.165, 1.54) is 14.0 Å². The number of hydrogen-bond donors (Lipinski definition) is 4. The van der Waals surface area contributed by atoms with Crippen LogP contribution in [0.5, 0.6) is 5.75 Å². The molecule has 0 aliphatic carbocycles. The van der Waals surface area contributed by atoms with Crippen LogP contribution in [0.3, 0.4) is 0 Å². The van der Waals surface area contributed by atoms with Gasteiger partial charge in [0.05, 0.1) is 0 Å². The number of carbonyl (C=O) groups excluding carboxylic acids is 1. The number of aryl methyl sites for hydroxylation is 1. The first-order valence-electron chi connectivity index (χ1n) is 12.2. The summed E-state index contributed by atoms with van der Waals surface area (Å²) in [4.78, 5) is 51.2. The Balaban J connectivity index is 1.53. The molecule has 218 valence electrons. The van der Waals surface area contributed by atoms with E-state index in [1.807, 2.05) is 24.0 Å². The third-order valence-electron chi connectivity index (χ3n) is 6.35. The quantitative estimate of drug-likeness (QED) is 0.201. The van der Waals surface area contributed by atoms with Crippen LogP contribution in [0.4, 0.5) is 4.39 Å². The van der Waals surface area contributed by atoms with Gasteiger partial charge in [0.25, 0.3) is 0 Å². The van der Waals surface area contributed by atoms with Crippen molar-refractivity contribution < 1.29 is 37.7 Å². The molecule has 1 fully saturated rings. The molecule has 0 bridgehead atoms. The number of esters is 1. The van der Waals surface area contributed by atoms with Crippen molar-refractivity contribution in [3.05, 3.63) is 74.4 Å². The monoisotopic (exact) mass is 599 g/mol. The van der Waals surface area contributed by atoms with Gasteiger partial charge in [0.15, 0.2) is 0 Å². The van der Waals surface area contributed by atoms with Gasteiger partial charge in [0, 0.05) is 0 Å². The van der Waals surface area contributed by atoms with Crippen LogP contribution >= 0.6 is 19.4 Å². The maximum atomic E-state index is 15.6. The SMILES string of the molecule is COC(=O)[C@H](C)N[PH](O)(OC[C@H]1O[C@@H](n2ccc(=O)[nH]c2=O)[C@](C)(F)[C@@H]1O)Oc1ccc(-c2ccc(C)s2)cc1. The zero-order valence-electron chi connectivity index (χ0n) is 22.1. The molecule has 3 heterocycles. The molecule has 12 nitrogen and oxygen atoms in total. The molecule has 0 radical (unpaired) electrons. The van der Waals surface area contributed by atoms with E-state index in [0.717, 1.165) is 39.1 Å². The van der Waals surface area contributed by atoms with Crippen LogP contribution in [0.2, 0.25) is 0 Å². The predicted octanol–water partition coefficient (Wildman–Crippen LogP) is 2.21. The second kappa shape index (κ2) is 11.9. The number of aromatic nitrogens is 2. The number of halogens is 1. The van der Waals surface area contributed by atoms with Crippen molar-refractivity contribution in [3.63, 3.8) is 0 Å². The first kappa shape index (κ1) is 30.0. The Morgan fingerprint density at radius 2 is 1.98 bits per heavy atom. The number of alkyl halides is 1. The van der Waals surface area contributed by atoms with E-state index in [2.05, 4.69) is 5.09 Å². The molecule has 2 aromatic heterocycles. The number of carbonyl (C=O) groups is 1. The number of rotatable bonds is 10. The van der Waals surface area contributed by atoms with E-state index in [0.29, 0.717) is 0 Å². The van der Waals surface area contributed by atoms with Gasteiger partial charge < -0.3 is 0 Å². The number of benzene rings is 1. The topological polar surface area (TPSA) is 161 Å². The normalized spacial score (nSPS) is 24.0. The van der Waals surface area contributed by atoms with E-state index >= 15 is 4.39 Å². The average molecular weight is 600 g/mol. The number of nitrogens with one attached hydrogen (secondary N) is 2. The molecule has 3 aromatic rings. The Morgan fingerprint density at radius 3 is 2.58 bits per heavy atom. The van der Waals surface area contributed by atoms with E-state index in [-0.39, 0.29) is 5.75 Å². The van der Waals surface area contributed by atoms with Gasteiger partial charge in [-0.15, -0.1) is 0 Å². The van der Waals surface area contributed by atoms with E-state index < -0.39 is 62.1 Å². The first-order valence-corrected chi connectivity index (χ1v) is 14.8. The summed E-state index contributed by atoms with van der Waals surface area (Å²) in [5.74, 6) is -0.482. The molecule has 15 heteroatoms. The Hall–Kier alpha value is -2.97. The van der Waals surface area contributed by atoms with Gasteiger partial charge in [-0.25, -0.2) is 0 Å². The van der Waals surface area contributed by atoms with Gasteiger partial charge in [-0.3, -0.25) is 0 Å². The van der Waals surface area contributed by atoms with Crippen molar-refractivity contribution in [1.29, 1.82) is 0 Å². The number of methoxy groups -OCH3 is 1. The molecular formula is C25H31FN3O9PS. The van der Waals surface area contributed by atoms with E-state index in [4.69, 9.17) is 18.5 Å². The zero-order chi connectivity index (χ0) is 29.2. The van der Waals surface area contributed by atoms with Crippen LogP contribution in [0.15, 0.2) is 58.3 Å². The Kier molecular flexibility index (Phi) is 8.90. The van der Waals surface area contributed by atoms with Gasteiger partial charge in [-0.05, 0) is 0 Å². The number of aromatic amines is 1. The molecule has 0 spiro atoms. The first-order chi connectivity index (χ1) is 18.8. The van der Waals surface area contributed by atoms with E-state index in [1.54, 1.807) is 35.6 Å². The predicted molar refractivity (Wildman–Crippen MR) is 147 cm³/mol. The fraction of sp³-hybridized carbons (Fsp3) is 0.400. The standard InChI is InChI=1S/C25H31FN3O9PS/c1-14-5-10-19(40-14)16-6-8-17(9-7-16)38-39(34,28-15(2)22(32)35-4)36-13-18-21(31)25(3,26)23(37-18)29-12-11-20(30)27-24(29)33/h5-12,15,18,21,23,28,31,34,39H,13H2,1-4H3,(H,27,30,33)/t15-,18+,21+,23+,25+/m0/s1. The van der Waals surface area contributed by atoms with Crippen LogP contribution in [0, 0.1) is 6.92 Å². The number of aliphatic hydroxyl groups excluding tert-OH is 1. The van der Waals surface area contributed by atoms with Crippen molar-refractivity contribution in [1.82, 2.24) is 14.6 Å². The second-order valence-electron chi connectivity index (χ2n) is 9.46. The number of aliphatic hydroxyl groups is 1. The minimum absolute atomic E-state index is 0.219. The van der Waals surface area contributed by atoms with Crippen LogP contribution in [0.25, 0.3) is 10.4 Å². The summed E-state index contributed by atoms with van der Waals surface area (Å²) in [6.07, 6.45) is -3.71. The molecule has 4 rings (SSSR count). The van der Waals surface area contributed by atoms with Crippen molar-refractivity contribution in [3.8, 4) is 16.2 Å². The summed E-state index contributed by atoms with van der Waals surface area (Å²) < 4.78 is 38.1. The summed E-state index contributed by atoms with van der Waals surface area (Å²) >= 11 is 1.62. The van der Waals surface area contributed by atoms with Crippen LogP contribution in [-0.2, 0) is 18.8 Å². The van der Waals surface area contributed by atoms with Gasteiger partial charge in [0.2, 0.25) is 0 Å². The summed E-state index contributed by atoms with van der Waals surface area (Å²) in [5, 5.41) is 13.3. The molecule has 40 heavy (non-hydrogen) atoms.